The zero-order valence-electron chi connectivity index (χ0n) is 14.5. The van der Waals surface area contributed by atoms with Crippen LogP contribution in [0.25, 0.3) is 0 Å². The number of hydrogen-bond acceptors (Lipinski definition) is 10. The quantitative estimate of drug-likeness (QED) is 0.265. The minimum absolute atomic E-state index is 0.0647. The fourth-order valence-corrected chi connectivity index (χ4v) is 3.05. The van der Waals surface area contributed by atoms with E-state index in [0.717, 1.165) is 24.7 Å². The Morgan fingerprint density at radius 1 is 1.22 bits per heavy atom. The second-order valence-corrected chi connectivity index (χ2v) is 6.29. The molecule has 1 aromatic rings. The van der Waals surface area contributed by atoms with E-state index in [0.29, 0.717) is 0 Å². The molecule has 0 aliphatic carbocycles. The van der Waals surface area contributed by atoms with Crippen molar-refractivity contribution in [1.29, 1.82) is 0 Å². The lowest BCUT2D eigenvalue weighted by molar-refractivity contribution is -0.395. The number of esters is 3. The van der Waals surface area contributed by atoms with E-state index in [1.807, 2.05) is 0 Å². The molecule has 4 atom stereocenters. The minimum Gasteiger partial charge on any atom is -0.463 e. The molecule has 1 saturated heterocycles. The van der Waals surface area contributed by atoms with E-state index in [9.17, 15) is 24.5 Å². The lowest BCUT2D eigenvalue weighted by Crippen LogP contribution is -2.40. The Morgan fingerprint density at radius 3 is 2.33 bits per heavy atom. The van der Waals surface area contributed by atoms with Crippen LogP contribution in [0.5, 0.6) is 0 Å². The van der Waals surface area contributed by atoms with Gasteiger partial charge in [-0.1, -0.05) is 0 Å². The predicted molar refractivity (Wildman–Crippen MR) is 88.2 cm³/mol. The van der Waals surface area contributed by atoms with Crippen molar-refractivity contribution < 1.29 is 38.3 Å². The molecule has 2 heterocycles. The standard InChI is InChI=1S/C14H16BrN3O9/c1-6(19)24-4-9-10(25-7(2)20)11(26-8(3)21)14(27-9)17-5-16-12(15)13(17)18(22)23/h5,9-11,14H,4H2,1-3H3/t9-,10-,11-,14+/m0/s1. The number of carbonyl (C=O) groups excluding carboxylic acids is 3. The molecule has 0 amide bonds. The fourth-order valence-electron chi connectivity index (χ4n) is 2.60. The lowest BCUT2D eigenvalue weighted by atomic mass is 10.1. The summed E-state index contributed by atoms with van der Waals surface area (Å²) in [7, 11) is 0. The summed E-state index contributed by atoms with van der Waals surface area (Å²) in [6, 6.07) is 0. The molecule has 27 heavy (non-hydrogen) atoms. The smallest absolute Gasteiger partial charge is 0.359 e. The van der Waals surface area contributed by atoms with E-state index in [1.54, 1.807) is 0 Å². The van der Waals surface area contributed by atoms with E-state index >= 15 is 0 Å². The van der Waals surface area contributed by atoms with Crippen molar-refractivity contribution >= 4 is 39.7 Å². The van der Waals surface area contributed by atoms with Crippen molar-refractivity contribution in [2.45, 2.75) is 45.3 Å². The molecule has 0 bridgehead atoms. The molecule has 12 nitrogen and oxygen atoms in total. The van der Waals surface area contributed by atoms with E-state index in [-0.39, 0.29) is 11.2 Å². The van der Waals surface area contributed by atoms with Gasteiger partial charge in [0.1, 0.15) is 12.7 Å². The van der Waals surface area contributed by atoms with E-state index in [1.165, 1.54) is 6.92 Å². The molecule has 0 N–H and O–H groups in total. The molecule has 1 fully saturated rings. The zero-order valence-corrected chi connectivity index (χ0v) is 16.1. The van der Waals surface area contributed by atoms with Crippen LogP contribution in [0.2, 0.25) is 0 Å². The van der Waals surface area contributed by atoms with Crippen LogP contribution in [-0.4, -0.2) is 57.3 Å². The molecule has 0 spiro atoms. The highest BCUT2D eigenvalue weighted by Gasteiger charge is 2.54. The fraction of sp³-hybridized carbons (Fsp3) is 0.571. The number of imidazole rings is 1. The van der Waals surface area contributed by atoms with Gasteiger partial charge in [0.25, 0.3) is 0 Å². The molecule has 0 radical (unpaired) electrons. The largest absolute Gasteiger partial charge is 0.463 e. The highest BCUT2D eigenvalue weighted by molar-refractivity contribution is 9.10. The van der Waals surface area contributed by atoms with Crippen molar-refractivity contribution in [2.75, 3.05) is 6.61 Å². The van der Waals surface area contributed by atoms with Crippen LogP contribution in [0, 0.1) is 10.1 Å². The summed E-state index contributed by atoms with van der Waals surface area (Å²) in [6.45, 7) is 3.12. The Hall–Kier alpha value is -2.54. The van der Waals surface area contributed by atoms with Gasteiger partial charge in [0, 0.05) is 20.8 Å². The SMILES string of the molecule is CC(=O)OC[C@@H]1O[C@@H](n2cnc(Br)c2[N+](=O)[O-])[C@@H](OC(C)=O)[C@H]1OC(C)=O. The molecule has 148 valence electrons. The van der Waals surface area contributed by atoms with Crippen LogP contribution in [0.4, 0.5) is 5.82 Å². The lowest BCUT2D eigenvalue weighted by Gasteiger charge is -2.22. The van der Waals surface area contributed by atoms with Crippen LogP contribution in [0.15, 0.2) is 10.9 Å². The summed E-state index contributed by atoms with van der Waals surface area (Å²) in [4.78, 5) is 48.6. The number of carbonyl (C=O) groups is 3. The predicted octanol–water partition coefficient (Wildman–Crippen LogP) is 0.878. The minimum atomic E-state index is -1.24. The highest BCUT2D eigenvalue weighted by atomic mass is 79.9. The molecule has 0 saturated carbocycles. The number of halogens is 1. The molecular formula is C14H16BrN3O9. The van der Waals surface area contributed by atoms with Crippen LogP contribution in [0.1, 0.15) is 27.0 Å². The Bertz CT molecular complexity index is 765. The van der Waals surface area contributed by atoms with Crippen molar-refractivity contribution in [1.82, 2.24) is 9.55 Å². The molecule has 1 aliphatic rings. The maximum absolute atomic E-state index is 11.5. The van der Waals surface area contributed by atoms with Crippen molar-refractivity contribution in [3.8, 4) is 0 Å². The van der Waals surface area contributed by atoms with Crippen molar-refractivity contribution in [3.63, 3.8) is 0 Å². The average molecular weight is 450 g/mol. The van der Waals surface area contributed by atoms with E-state index in [4.69, 9.17) is 18.9 Å². The normalized spacial score (nSPS) is 24.3. The van der Waals surface area contributed by atoms with Gasteiger partial charge in [-0.15, -0.1) is 0 Å². The van der Waals surface area contributed by atoms with Gasteiger partial charge in [0.15, 0.2) is 12.4 Å². The summed E-state index contributed by atoms with van der Waals surface area (Å²) in [6.07, 6.45) is -3.53. The summed E-state index contributed by atoms with van der Waals surface area (Å²) >= 11 is 2.96. The third-order valence-corrected chi connectivity index (χ3v) is 4.07. The van der Waals surface area contributed by atoms with Crippen molar-refractivity contribution in [2.24, 2.45) is 0 Å². The van der Waals surface area contributed by atoms with Gasteiger partial charge in [0.2, 0.25) is 16.9 Å². The van der Waals surface area contributed by atoms with Crippen LogP contribution < -0.4 is 0 Å². The molecular weight excluding hydrogens is 434 g/mol. The van der Waals surface area contributed by atoms with Crippen LogP contribution in [-0.2, 0) is 33.3 Å². The maximum Gasteiger partial charge on any atom is 0.359 e. The average Bonchev–Trinajstić information content (AvgIpc) is 3.06. The number of aromatic nitrogens is 2. The third-order valence-electron chi connectivity index (χ3n) is 3.51. The van der Waals surface area contributed by atoms with Crippen LogP contribution >= 0.6 is 15.9 Å². The van der Waals surface area contributed by atoms with Crippen LogP contribution in [0.3, 0.4) is 0 Å². The van der Waals surface area contributed by atoms with E-state index in [2.05, 4.69) is 20.9 Å². The Morgan fingerprint density at radius 2 is 1.81 bits per heavy atom. The maximum atomic E-state index is 11.5. The summed E-state index contributed by atoms with van der Waals surface area (Å²) in [5, 5.41) is 11.3. The van der Waals surface area contributed by atoms with Gasteiger partial charge in [-0.3, -0.25) is 14.4 Å². The van der Waals surface area contributed by atoms with Gasteiger partial charge in [-0.25, -0.2) is 4.98 Å². The van der Waals surface area contributed by atoms with Crippen molar-refractivity contribution in [3.05, 3.63) is 21.0 Å². The first kappa shape index (κ1) is 20.8. The van der Waals surface area contributed by atoms with Gasteiger partial charge in [-0.2, -0.15) is 4.57 Å². The third kappa shape index (κ3) is 4.80. The summed E-state index contributed by atoms with van der Waals surface area (Å²) in [5.41, 5.74) is 0. The second kappa shape index (κ2) is 8.43. The molecule has 1 aliphatic heterocycles. The van der Waals surface area contributed by atoms with Gasteiger partial charge < -0.3 is 29.1 Å². The van der Waals surface area contributed by atoms with Gasteiger partial charge >= 0.3 is 23.7 Å². The highest BCUT2D eigenvalue weighted by Crippen LogP contribution is 2.38. The number of nitro groups is 1. The topological polar surface area (TPSA) is 149 Å². The second-order valence-electron chi connectivity index (χ2n) is 5.54. The Labute approximate surface area is 161 Å². The molecule has 1 aromatic heterocycles. The number of rotatable bonds is 6. The monoisotopic (exact) mass is 449 g/mol. The molecule has 13 heteroatoms. The summed E-state index contributed by atoms with van der Waals surface area (Å²) in [5.74, 6) is -2.48. The number of nitrogens with zero attached hydrogens (tertiary/aromatic N) is 3. The van der Waals surface area contributed by atoms with Gasteiger partial charge in [-0.05, 0) is 20.9 Å². The zero-order chi connectivity index (χ0) is 20.3. The Balaban J connectivity index is 2.44. The molecule has 0 unspecified atom stereocenters. The Kier molecular flexibility index (Phi) is 6.49. The molecule has 0 aromatic carbocycles. The first-order chi connectivity index (χ1) is 12.6. The number of ether oxygens (including phenoxy) is 4. The van der Waals surface area contributed by atoms with E-state index < -0.39 is 53.2 Å². The number of hydrogen-bond donors (Lipinski definition) is 0. The first-order valence-corrected chi connectivity index (χ1v) is 8.41. The summed E-state index contributed by atoms with van der Waals surface area (Å²) < 4.78 is 21.9. The molecule has 2 rings (SSSR count). The van der Waals surface area contributed by atoms with Gasteiger partial charge in [0.05, 0.1) is 0 Å². The first-order valence-electron chi connectivity index (χ1n) is 7.61.